The van der Waals surface area contributed by atoms with E-state index in [1.54, 1.807) is 0 Å². The van der Waals surface area contributed by atoms with E-state index in [2.05, 4.69) is 31.4 Å². The molecule has 104 valence electrons. The lowest BCUT2D eigenvalue weighted by molar-refractivity contribution is -0.304. The number of rotatable bonds is 3. The van der Waals surface area contributed by atoms with Crippen molar-refractivity contribution in [2.75, 3.05) is 0 Å². The SMILES string of the molecule is O=C1C[C@H](C(=O)[O-])S/C(=N/N=C\c2ccc(Br)cc2)N1. The summed E-state index contributed by atoms with van der Waals surface area (Å²) in [4.78, 5) is 22.1. The molecule has 0 aromatic heterocycles. The number of carbonyl (C=O) groups excluding carboxylic acids is 2. The minimum atomic E-state index is -1.28. The minimum absolute atomic E-state index is 0.123. The van der Waals surface area contributed by atoms with Crippen LogP contribution in [0.25, 0.3) is 0 Å². The van der Waals surface area contributed by atoms with Crippen LogP contribution in [0.2, 0.25) is 0 Å². The summed E-state index contributed by atoms with van der Waals surface area (Å²) in [5.74, 6) is -1.69. The Kier molecular flexibility index (Phi) is 4.91. The molecule has 0 unspecified atom stereocenters. The van der Waals surface area contributed by atoms with Crippen molar-refractivity contribution < 1.29 is 14.7 Å². The fourth-order valence-corrected chi connectivity index (χ4v) is 2.55. The molecule has 0 bridgehead atoms. The summed E-state index contributed by atoms with van der Waals surface area (Å²) in [5.41, 5.74) is 0.834. The van der Waals surface area contributed by atoms with Crippen LogP contribution in [0.4, 0.5) is 0 Å². The molecule has 0 spiro atoms. The number of amides is 1. The lowest BCUT2D eigenvalue weighted by Gasteiger charge is -2.22. The van der Waals surface area contributed by atoms with E-state index in [1.165, 1.54) is 6.21 Å². The molecule has 1 aliphatic rings. The zero-order valence-corrected chi connectivity index (χ0v) is 12.5. The topological polar surface area (TPSA) is 94.0 Å². The number of hydrogen-bond acceptors (Lipinski definition) is 6. The van der Waals surface area contributed by atoms with Gasteiger partial charge >= 0.3 is 0 Å². The second-order valence-corrected chi connectivity index (χ2v) is 5.99. The fourth-order valence-electron chi connectivity index (χ4n) is 1.42. The fraction of sp³-hybridized carbons (Fsp3) is 0.167. The first-order chi connectivity index (χ1) is 9.54. The summed E-state index contributed by atoms with van der Waals surface area (Å²) in [6, 6.07) is 7.39. The monoisotopic (exact) mass is 354 g/mol. The summed E-state index contributed by atoms with van der Waals surface area (Å²) in [6.45, 7) is 0. The third-order valence-corrected chi connectivity index (χ3v) is 3.94. The second-order valence-electron chi connectivity index (χ2n) is 3.88. The van der Waals surface area contributed by atoms with Crippen molar-refractivity contribution >= 4 is 51.0 Å². The number of carboxylic acids is 1. The van der Waals surface area contributed by atoms with Crippen LogP contribution in [0.5, 0.6) is 0 Å². The van der Waals surface area contributed by atoms with Crippen molar-refractivity contribution in [1.29, 1.82) is 0 Å². The number of carbonyl (C=O) groups is 2. The molecular formula is C12H9BrN3O3S-. The van der Waals surface area contributed by atoms with Crippen LogP contribution in [-0.2, 0) is 9.59 Å². The summed E-state index contributed by atoms with van der Waals surface area (Å²) >= 11 is 4.23. The van der Waals surface area contributed by atoms with Gasteiger partial charge in [0.05, 0.1) is 17.4 Å². The minimum Gasteiger partial charge on any atom is -0.549 e. The highest BCUT2D eigenvalue weighted by molar-refractivity contribution is 9.10. The van der Waals surface area contributed by atoms with Crippen LogP contribution < -0.4 is 10.4 Å². The molecule has 0 radical (unpaired) electrons. The van der Waals surface area contributed by atoms with Crippen LogP contribution in [0.15, 0.2) is 38.9 Å². The van der Waals surface area contributed by atoms with Gasteiger partial charge in [0.15, 0.2) is 5.17 Å². The lowest BCUT2D eigenvalue weighted by Crippen LogP contribution is -2.44. The molecule has 1 amide bonds. The number of nitrogens with one attached hydrogen (secondary N) is 1. The van der Waals surface area contributed by atoms with E-state index in [0.717, 1.165) is 21.8 Å². The Balaban J connectivity index is 2.04. The smallest absolute Gasteiger partial charge is 0.227 e. The van der Waals surface area contributed by atoms with Gasteiger partial charge in [0, 0.05) is 10.9 Å². The van der Waals surface area contributed by atoms with E-state index in [0.29, 0.717) is 0 Å². The number of thioether (sulfide) groups is 1. The largest absolute Gasteiger partial charge is 0.549 e. The molecule has 1 fully saturated rings. The first-order valence-corrected chi connectivity index (χ1v) is 7.26. The van der Waals surface area contributed by atoms with E-state index < -0.39 is 17.1 Å². The number of aliphatic carboxylic acids is 1. The van der Waals surface area contributed by atoms with Gasteiger partial charge in [-0.25, -0.2) is 0 Å². The molecule has 2 rings (SSSR count). The molecule has 1 aromatic carbocycles. The molecule has 6 nitrogen and oxygen atoms in total. The van der Waals surface area contributed by atoms with E-state index in [9.17, 15) is 14.7 Å². The van der Waals surface area contributed by atoms with Gasteiger partial charge in [-0.2, -0.15) is 5.10 Å². The predicted molar refractivity (Wildman–Crippen MR) is 78.3 cm³/mol. The van der Waals surface area contributed by atoms with Crippen molar-refractivity contribution in [3.63, 3.8) is 0 Å². The molecule has 0 aliphatic carbocycles. The normalized spacial score (nSPS) is 21.1. The Morgan fingerprint density at radius 2 is 2.15 bits per heavy atom. The quantitative estimate of drug-likeness (QED) is 0.632. The molecular weight excluding hydrogens is 346 g/mol. The summed E-state index contributed by atoms with van der Waals surface area (Å²) in [5, 5.41) is 20.1. The van der Waals surface area contributed by atoms with Gasteiger partial charge in [-0.3, -0.25) is 4.79 Å². The van der Waals surface area contributed by atoms with Crippen LogP contribution in [-0.4, -0.2) is 28.5 Å². The maximum absolute atomic E-state index is 11.3. The Morgan fingerprint density at radius 1 is 1.45 bits per heavy atom. The highest BCUT2D eigenvalue weighted by atomic mass is 79.9. The zero-order valence-electron chi connectivity index (χ0n) is 10.1. The standard InChI is InChI=1S/C12H10BrN3O3S/c13-8-3-1-7(2-4-8)6-14-16-12-15-10(17)5-9(20-12)11(18)19/h1-4,6,9H,5H2,(H,18,19)(H,15,16,17)/p-1/b14-6-/t9-/m1/s1. The third-order valence-electron chi connectivity index (χ3n) is 2.36. The average molecular weight is 355 g/mol. The van der Waals surface area contributed by atoms with Gasteiger partial charge in [0.2, 0.25) is 5.91 Å². The lowest BCUT2D eigenvalue weighted by atomic mass is 10.2. The first-order valence-electron chi connectivity index (χ1n) is 5.58. The zero-order chi connectivity index (χ0) is 14.5. The molecule has 1 N–H and O–H groups in total. The number of amidine groups is 1. The number of nitrogens with zero attached hydrogens (tertiary/aromatic N) is 2. The Labute approximate surface area is 127 Å². The van der Waals surface area contributed by atoms with E-state index in [-0.39, 0.29) is 11.6 Å². The van der Waals surface area contributed by atoms with Crippen LogP contribution in [0.1, 0.15) is 12.0 Å². The molecule has 20 heavy (non-hydrogen) atoms. The molecule has 1 heterocycles. The third kappa shape index (κ3) is 4.17. The molecule has 8 heteroatoms. The molecule has 1 aliphatic heterocycles. The van der Waals surface area contributed by atoms with Crippen LogP contribution in [0.3, 0.4) is 0 Å². The summed E-state index contributed by atoms with van der Waals surface area (Å²) < 4.78 is 0.952. The van der Waals surface area contributed by atoms with Crippen LogP contribution >= 0.6 is 27.7 Å². The van der Waals surface area contributed by atoms with Crippen molar-refractivity contribution in [1.82, 2.24) is 5.32 Å². The molecule has 0 saturated carbocycles. The number of halogens is 1. The Bertz CT molecular complexity index is 586. The van der Waals surface area contributed by atoms with Crippen molar-refractivity contribution in [2.24, 2.45) is 10.2 Å². The maximum Gasteiger partial charge on any atom is 0.227 e. The van der Waals surface area contributed by atoms with Gasteiger partial charge < -0.3 is 15.2 Å². The maximum atomic E-state index is 11.3. The number of carboxylic acid groups (broad SMARTS) is 1. The van der Waals surface area contributed by atoms with E-state index >= 15 is 0 Å². The summed E-state index contributed by atoms with van der Waals surface area (Å²) in [7, 11) is 0. The van der Waals surface area contributed by atoms with Crippen molar-refractivity contribution in [3.8, 4) is 0 Å². The van der Waals surface area contributed by atoms with Crippen molar-refractivity contribution in [3.05, 3.63) is 34.3 Å². The van der Waals surface area contributed by atoms with E-state index in [1.807, 2.05) is 24.3 Å². The van der Waals surface area contributed by atoms with Gasteiger partial charge in [0.1, 0.15) is 0 Å². The van der Waals surface area contributed by atoms with Gasteiger partial charge in [-0.1, -0.05) is 39.8 Å². The second kappa shape index (κ2) is 6.67. The van der Waals surface area contributed by atoms with Gasteiger partial charge in [-0.15, -0.1) is 5.10 Å². The Morgan fingerprint density at radius 3 is 2.80 bits per heavy atom. The average Bonchev–Trinajstić information content (AvgIpc) is 2.40. The summed E-state index contributed by atoms with van der Waals surface area (Å²) in [6.07, 6.45) is 1.39. The van der Waals surface area contributed by atoms with E-state index in [4.69, 9.17) is 0 Å². The number of benzene rings is 1. The number of hydrogen-bond donors (Lipinski definition) is 1. The van der Waals surface area contributed by atoms with Gasteiger partial charge in [-0.05, 0) is 17.7 Å². The molecule has 1 saturated heterocycles. The molecule has 1 aromatic rings. The predicted octanol–water partition coefficient (Wildman–Crippen LogP) is 0.511. The highest BCUT2D eigenvalue weighted by Gasteiger charge is 2.25. The van der Waals surface area contributed by atoms with Crippen molar-refractivity contribution in [2.45, 2.75) is 11.7 Å². The highest BCUT2D eigenvalue weighted by Crippen LogP contribution is 2.19. The Hall–Kier alpha value is -1.67. The van der Waals surface area contributed by atoms with Crippen LogP contribution in [0, 0.1) is 0 Å². The first kappa shape index (κ1) is 14.7. The van der Waals surface area contributed by atoms with Gasteiger partial charge in [0.25, 0.3) is 0 Å². The molecule has 1 atom stereocenters.